The third-order valence-electron chi connectivity index (χ3n) is 8.65. The summed E-state index contributed by atoms with van der Waals surface area (Å²) in [6.07, 6.45) is 8.63. The van der Waals surface area contributed by atoms with E-state index in [1.165, 1.54) is 53.4 Å². The summed E-state index contributed by atoms with van der Waals surface area (Å²) in [5.74, 6) is -3.53. The number of hydrogen-bond donors (Lipinski definition) is 0. The summed E-state index contributed by atoms with van der Waals surface area (Å²) in [7, 11) is 3.67. The topological polar surface area (TPSA) is 129 Å². The lowest BCUT2D eigenvalue weighted by Gasteiger charge is -2.40. The predicted molar refractivity (Wildman–Crippen MR) is 199 cm³/mol. The van der Waals surface area contributed by atoms with Gasteiger partial charge < -0.3 is 23.8 Å². The second kappa shape index (κ2) is 19.4. The number of benzene rings is 3. The van der Waals surface area contributed by atoms with Crippen LogP contribution in [0.3, 0.4) is 0 Å². The van der Waals surface area contributed by atoms with Gasteiger partial charge in [0.15, 0.2) is 11.9 Å². The molecule has 1 fully saturated rings. The molecule has 11 nitrogen and oxygen atoms in total. The molecule has 1 saturated heterocycles. The van der Waals surface area contributed by atoms with E-state index in [0.717, 1.165) is 18.2 Å². The third-order valence-corrected chi connectivity index (χ3v) is 10.1. The third kappa shape index (κ3) is 11.1. The molecule has 3 aromatic carbocycles. The summed E-state index contributed by atoms with van der Waals surface area (Å²) in [5.41, 5.74) is -0.857. The first-order valence-corrected chi connectivity index (χ1v) is 18.2. The van der Waals surface area contributed by atoms with Crippen LogP contribution in [-0.2, 0) is 42.5 Å². The second-order valence-electron chi connectivity index (χ2n) is 12.9. The van der Waals surface area contributed by atoms with Gasteiger partial charge in [-0.05, 0) is 57.4 Å². The summed E-state index contributed by atoms with van der Waals surface area (Å²) in [4.78, 5) is 32.5. The first-order valence-electron chi connectivity index (χ1n) is 17.3. The van der Waals surface area contributed by atoms with Crippen molar-refractivity contribution < 1.29 is 41.7 Å². The van der Waals surface area contributed by atoms with Gasteiger partial charge >= 0.3 is 11.9 Å². The summed E-state index contributed by atoms with van der Waals surface area (Å²) in [6.45, 7) is 2.27. The van der Waals surface area contributed by atoms with Crippen LogP contribution in [0, 0.1) is 28.8 Å². The first-order chi connectivity index (χ1) is 26.5. The zero-order valence-electron chi connectivity index (χ0n) is 30.4. The molecule has 4 aromatic rings. The van der Waals surface area contributed by atoms with Gasteiger partial charge in [-0.3, -0.25) is 4.79 Å². The lowest BCUT2D eigenvalue weighted by Crippen LogP contribution is -2.47. The van der Waals surface area contributed by atoms with E-state index in [9.17, 15) is 18.4 Å². The Morgan fingerprint density at radius 3 is 2.56 bits per heavy atom. The van der Waals surface area contributed by atoms with Gasteiger partial charge in [-0.15, -0.1) is 11.8 Å². The Morgan fingerprint density at radius 2 is 1.87 bits per heavy atom. The number of ether oxygens (including phenoxy) is 4. The molecular weight excluding hydrogens is 736 g/mol. The van der Waals surface area contributed by atoms with Crippen LogP contribution < -0.4 is 0 Å². The van der Waals surface area contributed by atoms with Gasteiger partial charge in [0.1, 0.15) is 36.7 Å². The van der Waals surface area contributed by atoms with Crippen LogP contribution >= 0.6 is 11.8 Å². The van der Waals surface area contributed by atoms with Gasteiger partial charge in [-0.2, -0.15) is 10.4 Å². The van der Waals surface area contributed by atoms with E-state index in [1.807, 2.05) is 25.1 Å². The number of allylic oxidation sites excluding steroid dienone is 2. The maximum atomic E-state index is 15.9. The van der Waals surface area contributed by atoms with Crippen molar-refractivity contribution in [1.29, 1.82) is 5.26 Å². The fourth-order valence-electron chi connectivity index (χ4n) is 5.74. The maximum Gasteiger partial charge on any atom is 0.339 e. The SMILES string of the molecule is CC(SC1COC(C=CC=Cc2ccc(C#N)cc2F)OC1)C(Cn1cncn1)(OC(=O)c1ccccc1COC(=O)CCN(C)C)c1ccc(F)cc1F. The second-order valence-corrected chi connectivity index (χ2v) is 14.5. The highest BCUT2D eigenvalue weighted by atomic mass is 32.2. The predicted octanol–water partition coefficient (Wildman–Crippen LogP) is 6.45. The number of carbonyl (C=O) groups excluding carboxylic acids is 2. The van der Waals surface area contributed by atoms with Crippen molar-refractivity contribution in [2.75, 3.05) is 33.9 Å². The van der Waals surface area contributed by atoms with Gasteiger partial charge in [-0.1, -0.05) is 42.5 Å². The van der Waals surface area contributed by atoms with Crippen molar-refractivity contribution in [2.24, 2.45) is 0 Å². The molecule has 0 amide bonds. The normalized spacial score (nSPS) is 17.6. The van der Waals surface area contributed by atoms with Crippen molar-refractivity contribution in [3.05, 3.63) is 137 Å². The Bertz CT molecular complexity index is 2030. The van der Waals surface area contributed by atoms with Crippen molar-refractivity contribution in [2.45, 2.75) is 48.9 Å². The summed E-state index contributed by atoms with van der Waals surface area (Å²) in [5, 5.41) is 12.1. The molecule has 0 radical (unpaired) electrons. The van der Waals surface area contributed by atoms with E-state index >= 15 is 4.39 Å². The highest BCUT2D eigenvalue weighted by Crippen LogP contribution is 2.42. The van der Waals surface area contributed by atoms with Gasteiger partial charge in [0, 0.05) is 34.6 Å². The van der Waals surface area contributed by atoms with Gasteiger partial charge in [0.2, 0.25) is 0 Å². The number of nitriles is 1. The number of esters is 2. The van der Waals surface area contributed by atoms with Gasteiger partial charge in [0.05, 0.1) is 48.6 Å². The molecule has 288 valence electrons. The highest BCUT2D eigenvalue weighted by molar-refractivity contribution is 8.00. The number of carbonyl (C=O) groups is 2. The lowest BCUT2D eigenvalue weighted by atomic mass is 9.89. The minimum atomic E-state index is -1.79. The maximum absolute atomic E-state index is 15.9. The quantitative estimate of drug-likeness (QED) is 0.0921. The Labute approximate surface area is 321 Å². The molecule has 2 atom stereocenters. The highest BCUT2D eigenvalue weighted by Gasteiger charge is 2.47. The van der Waals surface area contributed by atoms with Crippen LogP contribution in [0.2, 0.25) is 0 Å². The van der Waals surface area contributed by atoms with Crippen LogP contribution in [0.4, 0.5) is 13.2 Å². The van der Waals surface area contributed by atoms with E-state index in [4.69, 9.17) is 24.2 Å². The Morgan fingerprint density at radius 1 is 1.09 bits per heavy atom. The molecule has 2 heterocycles. The number of halogens is 3. The zero-order chi connectivity index (χ0) is 39.4. The Balaban J connectivity index is 1.35. The Hall–Kier alpha value is -5.27. The van der Waals surface area contributed by atoms with Crippen LogP contribution in [0.25, 0.3) is 6.08 Å². The minimum Gasteiger partial charge on any atom is -0.461 e. The standard InChI is InChI=1S/C40H40F3N5O6S/c1-27(55-32-22-52-38(53-23-32)11-7-5-8-29-13-12-28(20-44)18-35(29)42)40(24-48-26-45-25-46-48,34-15-14-31(41)19-36(34)43)54-39(50)33-10-6-4-9-30(33)21-51-37(49)16-17-47(2)3/h4-15,18-19,25-27,32,38H,16-17,21-24H2,1-3H3. The van der Waals surface area contributed by atoms with Crippen LogP contribution in [0.5, 0.6) is 0 Å². The lowest BCUT2D eigenvalue weighted by molar-refractivity contribution is -0.146. The fraction of sp³-hybridized carbons (Fsp3) is 0.325. The molecule has 15 heteroatoms. The molecular formula is C40H40F3N5O6S. The summed E-state index contributed by atoms with van der Waals surface area (Å²) < 4.78 is 69.5. The molecule has 0 spiro atoms. The number of hydrogen-bond acceptors (Lipinski definition) is 11. The van der Waals surface area contributed by atoms with Crippen molar-refractivity contribution in [1.82, 2.24) is 19.7 Å². The molecule has 0 saturated carbocycles. The number of thioether (sulfide) groups is 1. The van der Waals surface area contributed by atoms with Gasteiger partial charge in [-0.25, -0.2) is 27.6 Å². The number of aromatic nitrogens is 3. The Kier molecular flexibility index (Phi) is 14.4. The molecule has 1 aliphatic rings. The number of rotatable bonds is 16. The smallest absolute Gasteiger partial charge is 0.339 e. The summed E-state index contributed by atoms with van der Waals surface area (Å²) >= 11 is 1.33. The van der Waals surface area contributed by atoms with Crippen LogP contribution in [0.15, 0.2) is 91.5 Å². The molecule has 0 aliphatic carbocycles. The summed E-state index contributed by atoms with van der Waals surface area (Å²) in [6, 6.07) is 15.6. The average molecular weight is 776 g/mol. The van der Waals surface area contributed by atoms with Crippen molar-refractivity contribution in [3.63, 3.8) is 0 Å². The van der Waals surface area contributed by atoms with E-state index in [0.29, 0.717) is 17.7 Å². The largest absolute Gasteiger partial charge is 0.461 e. The molecule has 1 aliphatic heterocycles. The van der Waals surface area contributed by atoms with Crippen molar-refractivity contribution >= 4 is 29.8 Å². The molecule has 0 bridgehead atoms. The van der Waals surface area contributed by atoms with Gasteiger partial charge in [0.25, 0.3) is 0 Å². The molecule has 5 rings (SSSR count). The van der Waals surface area contributed by atoms with E-state index in [2.05, 4.69) is 10.1 Å². The first kappa shape index (κ1) is 40.9. The van der Waals surface area contributed by atoms with Crippen LogP contribution in [-0.4, -0.2) is 82.2 Å². The average Bonchev–Trinajstić information content (AvgIpc) is 3.68. The number of nitrogens with zero attached hydrogens (tertiary/aromatic N) is 5. The van der Waals surface area contributed by atoms with E-state index in [1.54, 1.807) is 49.4 Å². The van der Waals surface area contributed by atoms with Crippen LogP contribution in [0.1, 0.15) is 46.0 Å². The molecule has 2 unspecified atom stereocenters. The molecule has 1 aromatic heterocycles. The molecule has 55 heavy (non-hydrogen) atoms. The molecule has 0 N–H and O–H groups in total. The van der Waals surface area contributed by atoms with E-state index < -0.39 is 46.5 Å². The van der Waals surface area contributed by atoms with E-state index in [-0.39, 0.29) is 54.7 Å². The van der Waals surface area contributed by atoms with Crippen molar-refractivity contribution in [3.8, 4) is 6.07 Å². The zero-order valence-corrected chi connectivity index (χ0v) is 31.3. The fourth-order valence-corrected chi connectivity index (χ4v) is 7.10. The minimum absolute atomic E-state index is 0.0886. The monoisotopic (exact) mass is 775 g/mol.